The second-order valence-electron chi connectivity index (χ2n) is 17.8. The first-order valence-electron chi connectivity index (χ1n) is 17.6. The molecule has 6 aliphatic rings. The normalized spacial score (nSPS) is 55.2. The number of fused-ring (bicyclic) bond motifs is 5. The van der Waals surface area contributed by atoms with Gasteiger partial charge in [0.1, 0.15) is 36.6 Å². The summed E-state index contributed by atoms with van der Waals surface area (Å²) < 4.78 is 18.3. The molecule has 0 radical (unpaired) electrons. The number of aliphatic hydroxyl groups is 7. The molecular weight excluding hydrogens is 592 g/mol. The van der Waals surface area contributed by atoms with Crippen molar-refractivity contribution in [2.45, 2.75) is 161 Å². The molecule has 17 atom stereocenters. The second kappa shape index (κ2) is 11.4. The first-order valence-corrected chi connectivity index (χ1v) is 17.6. The highest BCUT2D eigenvalue weighted by molar-refractivity contribution is 5.25. The number of hydrogen-bond donors (Lipinski definition) is 7. The van der Waals surface area contributed by atoms with Crippen molar-refractivity contribution in [1.82, 2.24) is 0 Å². The minimum absolute atomic E-state index is 0.0272. The summed E-state index contributed by atoms with van der Waals surface area (Å²) in [5.74, 6) is 0.0595. The summed E-state index contributed by atoms with van der Waals surface area (Å²) in [4.78, 5) is 0. The zero-order chi connectivity index (χ0) is 33.9. The summed E-state index contributed by atoms with van der Waals surface area (Å²) in [5.41, 5.74) is -0.698. The molecule has 46 heavy (non-hydrogen) atoms. The molecule has 0 amide bonds. The summed E-state index contributed by atoms with van der Waals surface area (Å²) in [6, 6.07) is 0. The number of aliphatic hydroxyl groups excluding tert-OH is 7. The highest BCUT2D eigenvalue weighted by Gasteiger charge is 2.73. The Kier molecular flexibility index (Phi) is 8.74. The van der Waals surface area contributed by atoms with Crippen LogP contribution in [0, 0.1) is 45.3 Å². The molecule has 2 heterocycles. The van der Waals surface area contributed by atoms with Crippen molar-refractivity contribution in [2.75, 3.05) is 6.61 Å². The Labute approximate surface area is 274 Å². The minimum Gasteiger partial charge on any atom is -0.394 e. The maximum Gasteiger partial charge on any atom is 0.186 e. The number of epoxide rings is 1. The fourth-order valence-electron chi connectivity index (χ4n) is 12.1. The van der Waals surface area contributed by atoms with Crippen molar-refractivity contribution in [2.24, 2.45) is 45.3 Å². The average Bonchev–Trinajstić information content (AvgIpc) is 3.45. The van der Waals surface area contributed by atoms with Gasteiger partial charge in [-0.3, -0.25) is 0 Å². The van der Waals surface area contributed by atoms with E-state index in [0.29, 0.717) is 19.3 Å². The molecule has 6 fully saturated rings. The van der Waals surface area contributed by atoms with E-state index in [1.807, 2.05) is 19.9 Å². The van der Waals surface area contributed by atoms with Gasteiger partial charge in [-0.1, -0.05) is 46.3 Å². The van der Waals surface area contributed by atoms with Gasteiger partial charge >= 0.3 is 0 Å². The maximum atomic E-state index is 12.1. The molecule has 0 spiro atoms. The Bertz CT molecular complexity index is 1190. The van der Waals surface area contributed by atoms with Crippen molar-refractivity contribution in [3.05, 3.63) is 11.6 Å². The van der Waals surface area contributed by atoms with Crippen molar-refractivity contribution < 1.29 is 50.0 Å². The SMILES string of the molecule is C/C(=C\[C@H](O)[C@H]1OC1(C)C)[C@H]1CC[C@]2(C)[C@@H]1[C@H](O)C[C@@H]1[C@@]3(C)CC[C@H](O)C(C)(C)[C@@H]3[C@@H](O[C@@H]3O[C@H](CO)[C@@H](O)[C@H](O)[C@H]3O)C[C@]12C. The van der Waals surface area contributed by atoms with Crippen LogP contribution in [0.3, 0.4) is 0 Å². The second-order valence-corrected chi connectivity index (χ2v) is 17.8. The third kappa shape index (κ3) is 5.03. The van der Waals surface area contributed by atoms with Gasteiger partial charge in [-0.2, -0.15) is 0 Å². The van der Waals surface area contributed by atoms with Crippen LogP contribution < -0.4 is 0 Å². The van der Waals surface area contributed by atoms with Crippen molar-refractivity contribution in [1.29, 1.82) is 0 Å². The molecule has 7 N–H and O–H groups in total. The quantitative estimate of drug-likeness (QED) is 0.128. The van der Waals surface area contributed by atoms with Gasteiger partial charge in [0, 0.05) is 0 Å². The Morgan fingerprint density at radius 3 is 2.17 bits per heavy atom. The fourth-order valence-corrected chi connectivity index (χ4v) is 12.1. The van der Waals surface area contributed by atoms with Crippen LogP contribution in [0.5, 0.6) is 0 Å². The lowest BCUT2D eigenvalue weighted by Gasteiger charge is -2.72. The predicted molar refractivity (Wildman–Crippen MR) is 169 cm³/mol. The van der Waals surface area contributed by atoms with Gasteiger partial charge in [-0.15, -0.1) is 0 Å². The van der Waals surface area contributed by atoms with Gasteiger partial charge in [0.05, 0.1) is 30.5 Å². The first kappa shape index (κ1) is 35.2. The van der Waals surface area contributed by atoms with E-state index in [0.717, 1.165) is 24.8 Å². The first-order chi connectivity index (χ1) is 21.2. The van der Waals surface area contributed by atoms with Crippen LogP contribution in [-0.4, -0.2) is 109 Å². The van der Waals surface area contributed by atoms with E-state index in [-0.39, 0.29) is 51.6 Å². The molecule has 0 aromatic rings. The van der Waals surface area contributed by atoms with Crippen molar-refractivity contribution >= 4 is 0 Å². The van der Waals surface area contributed by atoms with E-state index in [4.69, 9.17) is 14.2 Å². The number of ether oxygens (including phenoxy) is 3. The summed E-state index contributed by atoms with van der Waals surface area (Å²) >= 11 is 0. The molecule has 2 aliphatic heterocycles. The molecule has 0 aromatic heterocycles. The largest absolute Gasteiger partial charge is 0.394 e. The van der Waals surface area contributed by atoms with Crippen LogP contribution in [0.4, 0.5) is 0 Å². The molecule has 264 valence electrons. The van der Waals surface area contributed by atoms with Gasteiger partial charge in [-0.25, -0.2) is 0 Å². The van der Waals surface area contributed by atoms with Gasteiger partial charge in [-0.05, 0) is 105 Å². The molecule has 10 nitrogen and oxygen atoms in total. The third-order valence-electron chi connectivity index (χ3n) is 14.8. The molecule has 0 unspecified atom stereocenters. The number of rotatable bonds is 6. The highest BCUT2D eigenvalue weighted by atomic mass is 16.7. The molecule has 0 bridgehead atoms. The van der Waals surface area contributed by atoms with Crippen molar-refractivity contribution in [3.8, 4) is 0 Å². The topological polar surface area (TPSA) is 173 Å². The molecule has 4 saturated carbocycles. The molecule has 4 aliphatic carbocycles. The van der Waals surface area contributed by atoms with Gasteiger partial charge in [0.2, 0.25) is 0 Å². The zero-order valence-electron chi connectivity index (χ0n) is 29.0. The van der Waals surface area contributed by atoms with Crippen LogP contribution in [0.15, 0.2) is 11.6 Å². The summed E-state index contributed by atoms with van der Waals surface area (Å²) in [6.45, 7) is 16.6. The minimum atomic E-state index is -1.54. The standard InChI is InChI=1S/C36H60O10/c1-17(13-20(39)30-33(4,5)46-30)18-9-12-35(7)25(18)19(38)14-23-34(6)11-10-24(40)32(2,3)29(34)21(15-36(23,35)8)44-31-28(43)27(42)26(41)22(16-37)45-31/h13,18-31,37-43H,9-12,14-16H2,1-8H3/b17-13+/t18-,19-,20+,21+,22-,23-,24+,25+,26-,27+,28-,29+,30-,31-,34-,35-,36-/m1/s1. The Morgan fingerprint density at radius 1 is 0.913 bits per heavy atom. The summed E-state index contributed by atoms with van der Waals surface area (Å²) in [6.07, 6.45) is -3.02. The van der Waals surface area contributed by atoms with E-state index in [9.17, 15) is 35.7 Å². The highest BCUT2D eigenvalue weighted by Crippen LogP contribution is 2.76. The molecule has 6 rings (SSSR count). The summed E-state index contributed by atoms with van der Waals surface area (Å²) in [7, 11) is 0. The number of allylic oxidation sites excluding steroid dienone is 1. The van der Waals surface area contributed by atoms with Crippen molar-refractivity contribution in [3.63, 3.8) is 0 Å². The Hall–Kier alpha value is -0.660. The number of hydrogen-bond acceptors (Lipinski definition) is 10. The molecule has 2 saturated heterocycles. The summed E-state index contributed by atoms with van der Waals surface area (Å²) in [5, 5.41) is 76.3. The zero-order valence-corrected chi connectivity index (χ0v) is 29.0. The smallest absolute Gasteiger partial charge is 0.186 e. The van der Waals surface area contributed by atoms with E-state index < -0.39 is 67.1 Å². The lowest BCUT2D eigenvalue weighted by atomic mass is 9.34. The monoisotopic (exact) mass is 652 g/mol. The van der Waals surface area contributed by atoms with Crippen LogP contribution in [0.1, 0.15) is 93.9 Å². The fraction of sp³-hybridized carbons (Fsp3) is 0.944. The van der Waals surface area contributed by atoms with Gasteiger partial charge in [0.15, 0.2) is 6.29 Å². The van der Waals surface area contributed by atoms with Crippen LogP contribution in [0.25, 0.3) is 0 Å². The van der Waals surface area contributed by atoms with Crippen LogP contribution in [-0.2, 0) is 14.2 Å². The maximum absolute atomic E-state index is 12.1. The Balaban J connectivity index is 1.37. The third-order valence-corrected chi connectivity index (χ3v) is 14.8. The van der Waals surface area contributed by atoms with E-state index in [1.54, 1.807) is 0 Å². The average molecular weight is 653 g/mol. The molecule has 0 aromatic carbocycles. The van der Waals surface area contributed by atoms with E-state index in [1.165, 1.54) is 0 Å². The predicted octanol–water partition coefficient (Wildman–Crippen LogP) is 2.28. The molecule has 10 heteroatoms. The van der Waals surface area contributed by atoms with E-state index in [2.05, 4.69) is 41.5 Å². The Morgan fingerprint density at radius 2 is 1.57 bits per heavy atom. The van der Waals surface area contributed by atoms with Gasteiger partial charge in [0.25, 0.3) is 0 Å². The van der Waals surface area contributed by atoms with E-state index >= 15 is 0 Å². The molecular formula is C36H60O10. The lowest BCUT2D eigenvalue weighted by molar-refractivity contribution is -0.346. The van der Waals surface area contributed by atoms with Crippen LogP contribution in [0.2, 0.25) is 0 Å². The lowest BCUT2D eigenvalue weighted by Crippen LogP contribution is -2.70. The van der Waals surface area contributed by atoms with Gasteiger partial charge < -0.3 is 50.0 Å². The van der Waals surface area contributed by atoms with Crippen LogP contribution >= 0.6 is 0 Å².